The third-order valence-corrected chi connectivity index (χ3v) is 4.27. The molecular formula is C17H19BrO3. The van der Waals surface area contributed by atoms with Crippen LogP contribution in [0, 0.1) is 0 Å². The van der Waals surface area contributed by atoms with E-state index >= 15 is 0 Å². The van der Waals surface area contributed by atoms with E-state index in [4.69, 9.17) is 4.74 Å². The summed E-state index contributed by atoms with van der Waals surface area (Å²) in [7, 11) is 1.62. The number of halogens is 1. The van der Waals surface area contributed by atoms with E-state index in [0.717, 1.165) is 21.3 Å². The molecule has 2 rings (SSSR count). The second-order valence-corrected chi connectivity index (χ2v) is 6.05. The van der Waals surface area contributed by atoms with Gasteiger partial charge in [0.05, 0.1) is 20.3 Å². The highest BCUT2D eigenvalue weighted by Crippen LogP contribution is 2.30. The Morgan fingerprint density at radius 1 is 1.05 bits per heavy atom. The molecule has 0 fully saturated rings. The van der Waals surface area contributed by atoms with Crippen LogP contribution in [0.2, 0.25) is 0 Å². The largest absolute Gasteiger partial charge is 0.497 e. The third kappa shape index (κ3) is 3.64. The standard InChI is InChI=1S/C17H19BrO3/c1-21-16-4-2-3-13(9-16)10-17(11-19,12-20)14-5-7-15(18)8-6-14/h2-9,19-20H,10-12H2,1H3. The molecule has 4 heteroatoms. The van der Waals surface area contributed by atoms with Crippen LogP contribution in [-0.2, 0) is 11.8 Å². The topological polar surface area (TPSA) is 49.7 Å². The van der Waals surface area contributed by atoms with E-state index in [0.29, 0.717) is 6.42 Å². The Labute approximate surface area is 133 Å². The maximum Gasteiger partial charge on any atom is 0.119 e. The fourth-order valence-corrected chi connectivity index (χ4v) is 2.69. The van der Waals surface area contributed by atoms with Gasteiger partial charge in [0.25, 0.3) is 0 Å². The van der Waals surface area contributed by atoms with Crippen LogP contribution >= 0.6 is 15.9 Å². The van der Waals surface area contributed by atoms with Gasteiger partial charge in [-0.2, -0.15) is 0 Å². The summed E-state index contributed by atoms with van der Waals surface area (Å²) >= 11 is 3.40. The van der Waals surface area contributed by atoms with Crippen LogP contribution in [-0.4, -0.2) is 30.5 Å². The number of ether oxygens (including phenoxy) is 1. The molecule has 112 valence electrons. The van der Waals surface area contributed by atoms with Crippen molar-refractivity contribution in [1.82, 2.24) is 0 Å². The van der Waals surface area contributed by atoms with Gasteiger partial charge in [0.15, 0.2) is 0 Å². The lowest BCUT2D eigenvalue weighted by molar-refractivity contribution is 0.116. The lowest BCUT2D eigenvalue weighted by Crippen LogP contribution is -2.37. The molecule has 2 N–H and O–H groups in total. The van der Waals surface area contributed by atoms with E-state index in [9.17, 15) is 10.2 Å². The van der Waals surface area contributed by atoms with Gasteiger partial charge in [-0.15, -0.1) is 0 Å². The first-order valence-electron chi connectivity index (χ1n) is 6.74. The van der Waals surface area contributed by atoms with Crippen molar-refractivity contribution < 1.29 is 14.9 Å². The predicted octanol–water partition coefficient (Wildman–Crippen LogP) is 2.92. The first-order chi connectivity index (χ1) is 10.1. The Kier molecular flexibility index (Phi) is 5.39. The summed E-state index contributed by atoms with van der Waals surface area (Å²) in [6.45, 7) is -0.245. The Balaban J connectivity index is 2.35. The second-order valence-electron chi connectivity index (χ2n) is 5.13. The maximum absolute atomic E-state index is 9.88. The van der Waals surface area contributed by atoms with Crippen molar-refractivity contribution in [2.75, 3.05) is 20.3 Å². The van der Waals surface area contributed by atoms with Crippen LogP contribution < -0.4 is 4.74 Å². The minimum Gasteiger partial charge on any atom is -0.497 e. The van der Waals surface area contributed by atoms with Crippen molar-refractivity contribution in [3.05, 3.63) is 64.1 Å². The van der Waals surface area contributed by atoms with Crippen molar-refractivity contribution in [1.29, 1.82) is 0 Å². The van der Waals surface area contributed by atoms with Crippen LogP contribution in [0.15, 0.2) is 53.0 Å². The molecule has 2 aromatic rings. The highest BCUT2D eigenvalue weighted by atomic mass is 79.9. The molecule has 0 bridgehead atoms. The van der Waals surface area contributed by atoms with Gasteiger partial charge in [-0.05, 0) is 41.8 Å². The highest BCUT2D eigenvalue weighted by molar-refractivity contribution is 9.10. The Morgan fingerprint density at radius 2 is 1.71 bits per heavy atom. The summed E-state index contributed by atoms with van der Waals surface area (Å²) < 4.78 is 6.20. The van der Waals surface area contributed by atoms with Crippen LogP contribution in [0.25, 0.3) is 0 Å². The summed E-state index contributed by atoms with van der Waals surface area (Å²) in [6, 6.07) is 15.4. The molecule has 0 radical (unpaired) electrons. The number of rotatable bonds is 6. The molecule has 21 heavy (non-hydrogen) atoms. The van der Waals surface area contributed by atoms with Crippen molar-refractivity contribution in [2.45, 2.75) is 11.8 Å². The molecule has 2 aromatic carbocycles. The monoisotopic (exact) mass is 350 g/mol. The number of aliphatic hydroxyl groups is 2. The molecule has 0 aliphatic carbocycles. The molecule has 0 atom stereocenters. The van der Waals surface area contributed by atoms with E-state index in [2.05, 4.69) is 15.9 Å². The summed E-state index contributed by atoms with van der Waals surface area (Å²) in [5, 5.41) is 19.8. The van der Waals surface area contributed by atoms with Crippen LogP contribution in [0.4, 0.5) is 0 Å². The first-order valence-corrected chi connectivity index (χ1v) is 7.53. The van der Waals surface area contributed by atoms with Gasteiger partial charge in [-0.25, -0.2) is 0 Å². The summed E-state index contributed by atoms with van der Waals surface area (Å²) in [5.74, 6) is 0.771. The molecule has 0 spiro atoms. The van der Waals surface area contributed by atoms with Gasteiger partial charge in [-0.3, -0.25) is 0 Å². The SMILES string of the molecule is COc1cccc(CC(CO)(CO)c2ccc(Br)cc2)c1. The van der Waals surface area contributed by atoms with Crippen molar-refractivity contribution in [3.8, 4) is 5.75 Å². The quantitative estimate of drug-likeness (QED) is 0.841. The zero-order valence-electron chi connectivity index (χ0n) is 11.9. The van der Waals surface area contributed by atoms with E-state index < -0.39 is 5.41 Å². The highest BCUT2D eigenvalue weighted by Gasteiger charge is 2.31. The van der Waals surface area contributed by atoms with Crippen LogP contribution in [0.5, 0.6) is 5.75 Å². The zero-order chi connectivity index (χ0) is 15.3. The molecule has 0 amide bonds. The lowest BCUT2D eigenvalue weighted by atomic mass is 9.77. The smallest absolute Gasteiger partial charge is 0.119 e. The Hall–Kier alpha value is -1.36. The number of hydrogen-bond donors (Lipinski definition) is 2. The number of methoxy groups -OCH3 is 1. The summed E-state index contributed by atoms with van der Waals surface area (Å²) in [5.41, 5.74) is 1.23. The van der Waals surface area contributed by atoms with Crippen LogP contribution in [0.1, 0.15) is 11.1 Å². The molecule has 0 heterocycles. The summed E-state index contributed by atoms with van der Waals surface area (Å²) in [6.07, 6.45) is 0.541. The molecule has 3 nitrogen and oxygen atoms in total. The van der Waals surface area contributed by atoms with Gasteiger partial charge in [-0.1, -0.05) is 40.2 Å². The number of aliphatic hydroxyl groups excluding tert-OH is 2. The van der Waals surface area contributed by atoms with Crippen molar-refractivity contribution in [2.24, 2.45) is 0 Å². The molecule has 0 aliphatic heterocycles. The molecule has 0 aliphatic rings. The fourth-order valence-electron chi connectivity index (χ4n) is 2.42. The maximum atomic E-state index is 9.88. The molecule has 0 saturated heterocycles. The predicted molar refractivity (Wildman–Crippen MR) is 86.7 cm³/mol. The second kappa shape index (κ2) is 7.07. The van der Waals surface area contributed by atoms with Gasteiger partial charge >= 0.3 is 0 Å². The van der Waals surface area contributed by atoms with E-state index in [1.165, 1.54) is 0 Å². The van der Waals surface area contributed by atoms with Gasteiger partial charge in [0.1, 0.15) is 5.75 Å². The number of hydrogen-bond acceptors (Lipinski definition) is 3. The van der Waals surface area contributed by atoms with E-state index in [-0.39, 0.29) is 13.2 Å². The average molecular weight is 351 g/mol. The first kappa shape index (κ1) is 16.0. The lowest BCUT2D eigenvalue weighted by Gasteiger charge is -2.30. The summed E-state index contributed by atoms with van der Waals surface area (Å²) in [4.78, 5) is 0. The molecule has 0 unspecified atom stereocenters. The van der Waals surface area contributed by atoms with Crippen molar-refractivity contribution in [3.63, 3.8) is 0 Å². The van der Waals surface area contributed by atoms with Gasteiger partial charge in [0.2, 0.25) is 0 Å². The van der Waals surface area contributed by atoms with Gasteiger partial charge < -0.3 is 14.9 Å². The van der Waals surface area contributed by atoms with Gasteiger partial charge in [0, 0.05) is 9.89 Å². The van der Waals surface area contributed by atoms with Crippen molar-refractivity contribution >= 4 is 15.9 Å². The minimum atomic E-state index is -0.701. The van der Waals surface area contributed by atoms with Crippen LogP contribution in [0.3, 0.4) is 0 Å². The Bertz CT molecular complexity index is 577. The minimum absolute atomic E-state index is 0.123. The number of benzene rings is 2. The molecule has 0 aromatic heterocycles. The molecule has 0 saturated carbocycles. The van der Waals surface area contributed by atoms with E-state index in [1.54, 1.807) is 7.11 Å². The fraction of sp³-hybridized carbons (Fsp3) is 0.294. The normalized spacial score (nSPS) is 11.4. The molecular weight excluding hydrogens is 332 g/mol. The average Bonchev–Trinajstić information content (AvgIpc) is 2.54. The third-order valence-electron chi connectivity index (χ3n) is 3.74. The zero-order valence-corrected chi connectivity index (χ0v) is 13.5. The van der Waals surface area contributed by atoms with E-state index in [1.807, 2.05) is 48.5 Å². The Morgan fingerprint density at radius 3 is 2.29 bits per heavy atom.